The maximum Gasteiger partial charge on any atom is 0.251 e. The van der Waals surface area contributed by atoms with Crippen LogP contribution in [0.1, 0.15) is 65.2 Å². The minimum atomic E-state index is -0.670. The molecule has 0 aromatic heterocycles. The normalized spacial score (nSPS) is 36.0. The van der Waals surface area contributed by atoms with E-state index in [1.54, 1.807) is 4.90 Å². The molecular weight excluding hydrogens is 409 g/mol. The highest BCUT2D eigenvalue weighted by molar-refractivity contribution is 6.20. The van der Waals surface area contributed by atoms with Crippen molar-refractivity contribution < 1.29 is 9.59 Å². The number of nitrogens with zero attached hydrogens (tertiary/aromatic N) is 3. The second-order valence-electron chi connectivity index (χ2n) is 10.0. The van der Waals surface area contributed by atoms with E-state index in [0.717, 1.165) is 51.4 Å². The summed E-state index contributed by atoms with van der Waals surface area (Å²) in [5.74, 6) is 0.720. The van der Waals surface area contributed by atoms with Gasteiger partial charge in [-0.3, -0.25) is 14.5 Å². The molecule has 2 atom stereocenters. The van der Waals surface area contributed by atoms with Gasteiger partial charge >= 0.3 is 0 Å². The van der Waals surface area contributed by atoms with Crippen LogP contribution in [0, 0.1) is 5.92 Å². The molecule has 164 valence electrons. The van der Waals surface area contributed by atoms with Crippen LogP contribution in [0.15, 0.2) is 0 Å². The Morgan fingerprint density at radius 1 is 1.00 bits per heavy atom. The molecule has 4 rings (SSSR count). The fourth-order valence-electron chi connectivity index (χ4n) is 5.81. The Bertz CT molecular complexity index is 630. The van der Waals surface area contributed by atoms with Crippen LogP contribution in [0.3, 0.4) is 0 Å². The Hall–Kier alpha value is -0.520. The van der Waals surface area contributed by atoms with Gasteiger partial charge in [-0.1, -0.05) is 6.42 Å². The van der Waals surface area contributed by atoms with Crippen molar-refractivity contribution in [3.8, 4) is 0 Å². The van der Waals surface area contributed by atoms with Crippen LogP contribution in [0.2, 0.25) is 0 Å². The number of hydrogen-bond donors (Lipinski definition) is 0. The van der Waals surface area contributed by atoms with E-state index < -0.39 is 5.54 Å². The van der Waals surface area contributed by atoms with Crippen LogP contribution in [-0.2, 0) is 9.59 Å². The molecule has 5 nitrogen and oxygen atoms in total. The quantitative estimate of drug-likeness (QED) is 0.624. The Balaban J connectivity index is 1.51. The van der Waals surface area contributed by atoms with E-state index in [2.05, 4.69) is 4.90 Å². The smallest absolute Gasteiger partial charge is 0.251 e. The SMILES string of the molecule is CC(C)N1CC(=O)N(CC2CCC(Cl)CC2)C2(CN(C3CCCC(Cl)C3)C2)C1=O. The first-order chi connectivity index (χ1) is 13.8. The second kappa shape index (κ2) is 8.55. The lowest BCUT2D eigenvalue weighted by atomic mass is 9.78. The fourth-order valence-corrected chi connectivity index (χ4v) is 6.42. The van der Waals surface area contributed by atoms with Gasteiger partial charge in [-0.05, 0) is 64.7 Å². The van der Waals surface area contributed by atoms with E-state index in [1.807, 2.05) is 18.7 Å². The molecule has 0 aromatic rings. The number of amides is 2. The molecule has 4 aliphatic rings. The Morgan fingerprint density at radius 3 is 2.31 bits per heavy atom. The van der Waals surface area contributed by atoms with Gasteiger partial charge in [-0.2, -0.15) is 0 Å². The Kier molecular flexibility index (Phi) is 6.40. The highest BCUT2D eigenvalue weighted by Crippen LogP contribution is 2.40. The zero-order valence-electron chi connectivity index (χ0n) is 17.8. The summed E-state index contributed by atoms with van der Waals surface area (Å²) in [5, 5.41) is 0.507. The number of piperazine rings is 1. The molecule has 2 heterocycles. The maximum absolute atomic E-state index is 13.6. The van der Waals surface area contributed by atoms with E-state index in [4.69, 9.17) is 23.2 Å². The number of halogens is 2. The van der Waals surface area contributed by atoms with Crippen LogP contribution in [0.25, 0.3) is 0 Å². The highest BCUT2D eigenvalue weighted by Gasteiger charge is 2.61. The third-order valence-corrected chi connectivity index (χ3v) is 8.48. The number of carbonyl (C=O) groups excluding carboxylic acids is 2. The minimum absolute atomic E-state index is 0.0492. The van der Waals surface area contributed by atoms with Gasteiger partial charge in [0.15, 0.2) is 0 Å². The third kappa shape index (κ3) is 4.16. The Labute approximate surface area is 185 Å². The van der Waals surface area contributed by atoms with Gasteiger partial charge in [0.25, 0.3) is 5.91 Å². The molecule has 2 amide bonds. The van der Waals surface area contributed by atoms with Crippen molar-refractivity contribution in [3.05, 3.63) is 0 Å². The van der Waals surface area contributed by atoms with Gasteiger partial charge in [-0.15, -0.1) is 23.2 Å². The number of hydrogen-bond acceptors (Lipinski definition) is 3. The predicted octanol–water partition coefficient (Wildman–Crippen LogP) is 3.47. The van der Waals surface area contributed by atoms with Crippen molar-refractivity contribution in [3.63, 3.8) is 0 Å². The average Bonchev–Trinajstić information content (AvgIpc) is 2.64. The van der Waals surface area contributed by atoms with Gasteiger partial charge in [0, 0.05) is 42.5 Å². The summed E-state index contributed by atoms with van der Waals surface area (Å²) < 4.78 is 0. The molecule has 2 aliphatic carbocycles. The highest BCUT2D eigenvalue weighted by atomic mass is 35.5. The van der Waals surface area contributed by atoms with Gasteiger partial charge < -0.3 is 9.80 Å². The molecular formula is C22H35Cl2N3O2. The molecule has 4 fully saturated rings. The van der Waals surface area contributed by atoms with Crippen molar-refractivity contribution in [1.82, 2.24) is 14.7 Å². The van der Waals surface area contributed by atoms with Gasteiger partial charge in [0.05, 0.1) is 0 Å². The van der Waals surface area contributed by atoms with E-state index >= 15 is 0 Å². The van der Waals surface area contributed by atoms with Crippen molar-refractivity contribution >= 4 is 35.0 Å². The van der Waals surface area contributed by atoms with Crippen molar-refractivity contribution in [1.29, 1.82) is 0 Å². The zero-order chi connectivity index (χ0) is 20.8. The van der Waals surface area contributed by atoms with Crippen LogP contribution in [0.5, 0.6) is 0 Å². The van der Waals surface area contributed by atoms with Crippen molar-refractivity contribution in [2.24, 2.45) is 5.92 Å². The van der Waals surface area contributed by atoms with Gasteiger partial charge in [0.1, 0.15) is 12.1 Å². The molecule has 2 saturated heterocycles. The largest absolute Gasteiger partial charge is 0.329 e. The lowest BCUT2D eigenvalue weighted by Gasteiger charge is -2.61. The summed E-state index contributed by atoms with van der Waals surface area (Å²) in [6, 6.07) is 0.496. The summed E-state index contributed by atoms with van der Waals surface area (Å²) in [5.41, 5.74) is -0.670. The first-order valence-electron chi connectivity index (χ1n) is 11.4. The lowest BCUT2D eigenvalue weighted by molar-refractivity contribution is -0.184. The first kappa shape index (κ1) is 21.7. The van der Waals surface area contributed by atoms with Crippen molar-refractivity contribution in [2.45, 2.75) is 93.6 Å². The van der Waals surface area contributed by atoms with Crippen LogP contribution >= 0.6 is 23.2 Å². The van der Waals surface area contributed by atoms with Crippen LogP contribution < -0.4 is 0 Å². The summed E-state index contributed by atoms with van der Waals surface area (Å²) >= 11 is 12.7. The summed E-state index contributed by atoms with van der Waals surface area (Å²) in [6.07, 6.45) is 8.51. The van der Waals surface area contributed by atoms with Crippen molar-refractivity contribution in [2.75, 3.05) is 26.2 Å². The van der Waals surface area contributed by atoms with E-state index in [1.165, 1.54) is 0 Å². The molecule has 0 radical (unpaired) electrons. The third-order valence-electron chi connectivity index (χ3n) is 7.65. The maximum atomic E-state index is 13.6. The van der Waals surface area contributed by atoms with E-state index in [9.17, 15) is 9.59 Å². The summed E-state index contributed by atoms with van der Waals surface area (Å²) in [4.78, 5) is 32.9. The number of likely N-dealkylation sites (tertiary alicyclic amines) is 1. The average molecular weight is 444 g/mol. The molecule has 0 aromatic carbocycles. The standard InChI is InChI=1S/C22H35Cl2N3O2/c1-15(2)26-12-20(28)27(11-16-6-8-17(23)9-7-16)22(21(26)29)13-25(14-22)19-5-3-4-18(24)10-19/h15-19H,3-14H2,1-2H3. The minimum Gasteiger partial charge on any atom is -0.329 e. The van der Waals surface area contributed by atoms with Crippen LogP contribution in [-0.4, -0.2) is 81.1 Å². The molecule has 29 heavy (non-hydrogen) atoms. The van der Waals surface area contributed by atoms with Gasteiger partial charge in [-0.25, -0.2) is 0 Å². The molecule has 1 spiro atoms. The van der Waals surface area contributed by atoms with Gasteiger partial charge in [0.2, 0.25) is 5.91 Å². The topological polar surface area (TPSA) is 43.9 Å². The Morgan fingerprint density at radius 2 is 1.69 bits per heavy atom. The predicted molar refractivity (Wildman–Crippen MR) is 116 cm³/mol. The zero-order valence-corrected chi connectivity index (χ0v) is 19.3. The lowest BCUT2D eigenvalue weighted by Crippen LogP contribution is -2.82. The number of rotatable bonds is 4. The summed E-state index contributed by atoms with van der Waals surface area (Å²) in [6.45, 7) is 6.27. The van der Waals surface area contributed by atoms with E-state index in [0.29, 0.717) is 31.6 Å². The monoisotopic (exact) mass is 443 g/mol. The molecule has 2 saturated carbocycles. The van der Waals surface area contributed by atoms with Crippen LogP contribution in [0.4, 0.5) is 0 Å². The fraction of sp³-hybridized carbons (Fsp3) is 0.909. The summed E-state index contributed by atoms with van der Waals surface area (Å²) in [7, 11) is 0. The number of carbonyl (C=O) groups is 2. The first-order valence-corrected chi connectivity index (χ1v) is 12.3. The molecule has 0 bridgehead atoms. The van der Waals surface area contributed by atoms with E-state index in [-0.39, 0.29) is 35.2 Å². The second-order valence-corrected chi connectivity index (χ2v) is 11.2. The molecule has 0 N–H and O–H groups in total. The molecule has 7 heteroatoms. The molecule has 2 aliphatic heterocycles. The molecule has 2 unspecified atom stereocenters. The number of alkyl halides is 2.